The molecule has 0 bridgehead atoms. The number of carbonyl (C=O) groups is 1. The molecule has 0 amide bonds. The summed E-state index contributed by atoms with van der Waals surface area (Å²) in [6.07, 6.45) is 2.11. The molecule has 0 saturated carbocycles. The highest BCUT2D eigenvalue weighted by molar-refractivity contribution is 7.99. The third-order valence-electron chi connectivity index (χ3n) is 2.43. The Kier molecular flexibility index (Phi) is 4.15. The fourth-order valence-electron chi connectivity index (χ4n) is 1.56. The molecule has 1 aromatic carbocycles. The number of esters is 1. The van der Waals surface area contributed by atoms with Crippen molar-refractivity contribution in [3.05, 3.63) is 30.5 Å². The molecule has 1 heterocycles. The van der Waals surface area contributed by atoms with Gasteiger partial charge in [-0.3, -0.25) is 9.78 Å². The molecule has 1 atom stereocenters. The number of ether oxygens (including phenoxy) is 1. The summed E-state index contributed by atoms with van der Waals surface area (Å²) in [5.74, 6) is -0.205. The van der Waals surface area contributed by atoms with Crippen molar-refractivity contribution in [2.24, 2.45) is 0 Å². The van der Waals surface area contributed by atoms with Crippen LogP contribution in [0.25, 0.3) is 11.0 Å². The second kappa shape index (κ2) is 5.82. The molecule has 0 aliphatic rings. The van der Waals surface area contributed by atoms with Crippen molar-refractivity contribution in [1.29, 1.82) is 0 Å². The molecule has 1 aromatic heterocycles. The molecule has 0 unspecified atom stereocenters. The fourth-order valence-corrected chi connectivity index (χ4v) is 2.46. The molecule has 0 fully saturated rings. The van der Waals surface area contributed by atoms with E-state index in [1.807, 2.05) is 31.2 Å². The van der Waals surface area contributed by atoms with Crippen LogP contribution < -0.4 is 0 Å². The van der Waals surface area contributed by atoms with E-state index in [1.165, 1.54) is 18.9 Å². The number of benzene rings is 1. The first-order valence-electron chi connectivity index (χ1n) is 5.64. The molecule has 0 aliphatic heterocycles. The molecule has 0 N–H and O–H groups in total. The molecule has 2 aromatic rings. The number of fused-ring (bicyclic) bond motifs is 1. The van der Waals surface area contributed by atoms with Gasteiger partial charge in [0, 0.05) is 5.25 Å². The molecule has 0 radical (unpaired) electrons. The van der Waals surface area contributed by atoms with Crippen LogP contribution in [-0.4, -0.2) is 28.3 Å². The second-order valence-corrected chi connectivity index (χ2v) is 5.36. The highest BCUT2D eigenvalue weighted by Gasteiger charge is 2.11. The normalized spacial score (nSPS) is 12.3. The largest absolute Gasteiger partial charge is 0.469 e. The number of carbonyl (C=O) groups excluding carboxylic acids is 1. The molecule has 5 heteroatoms. The average molecular weight is 262 g/mol. The summed E-state index contributed by atoms with van der Waals surface area (Å²) in [6, 6.07) is 7.72. The van der Waals surface area contributed by atoms with E-state index in [4.69, 9.17) is 0 Å². The van der Waals surface area contributed by atoms with Gasteiger partial charge in [-0.25, -0.2) is 4.98 Å². The maximum Gasteiger partial charge on any atom is 0.306 e. The minimum Gasteiger partial charge on any atom is -0.469 e. The van der Waals surface area contributed by atoms with Crippen molar-refractivity contribution >= 4 is 28.8 Å². The van der Waals surface area contributed by atoms with E-state index in [2.05, 4.69) is 14.7 Å². The number of rotatable bonds is 4. The standard InChI is InChI=1S/C13H14N2O2S/c1-9(7-13(16)17-2)18-12-8-14-10-5-3-4-6-11(10)15-12/h3-6,8-9H,7H2,1-2H3/t9-/m0/s1. The molecule has 4 nitrogen and oxygen atoms in total. The quantitative estimate of drug-likeness (QED) is 0.626. The van der Waals surface area contributed by atoms with Crippen LogP contribution in [0.5, 0.6) is 0 Å². The lowest BCUT2D eigenvalue weighted by molar-refractivity contribution is -0.140. The Labute approximate surface area is 110 Å². The van der Waals surface area contributed by atoms with E-state index >= 15 is 0 Å². The van der Waals surface area contributed by atoms with Gasteiger partial charge in [0.15, 0.2) is 0 Å². The van der Waals surface area contributed by atoms with Gasteiger partial charge in [-0.1, -0.05) is 19.1 Å². The van der Waals surface area contributed by atoms with Crippen molar-refractivity contribution in [2.45, 2.75) is 23.6 Å². The Morgan fingerprint density at radius 2 is 2.11 bits per heavy atom. The predicted molar refractivity (Wildman–Crippen MR) is 71.5 cm³/mol. The van der Waals surface area contributed by atoms with Gasteiger partial charge >= 0.3 is 5.97 Å². The number of para-hydroxylation sites is 2. The van der Waals surface area contributed by atoms with E-state index in [0.717, 1.165) is 16.1 Å². The molecular formula is C13H14N2O2S. The topological polar surface area (TPSA) is 52.1 Å². The van der Waals surface area contributed by atoms with E-state index in [0.29, 0.717) is 6.42 Å². The minimum absolute atomic E-state index is 0.118. The number of hydrogen-bond donors (Lipinski definition) is 0. The van der Waals surface area contributed by atoms with E-state index < -0.39 is 0 Å². The van der Waals surface area contributed by atoms with Crippen molar-refractivity contribution in [1.82, 2.24) is 9.97 Å². The van der Waals surface area contributed by atoms with Gasteiger partial charge in [-0.2, -0.15) is 0 Å². The highest BCUT2D eigenvalue weighted by Crippen LogP contribution is 2.24. The lowest BCUT2D eigenvalue weighted by Gasteiger charge is -2.09. The lowest BCUT2D eigenvalue weighted by Crippen LogP contribution is -2.08. The van der Waals surface area contributed by atoms with Gasteiger partial charge in [0.1, 0.15) is 5.03 Å². The van der Waals surface area contributed by atoms with Gasteiger partial charge in [-0.05, 0) is 12.1 Å². The zero-order valence-electron chi connectivity index (χ0n) is 10.3. The fraction of sp³-hybridized carbons (Fsp3) is 0.308. The summed E-state index contributed by atoms with van der Waals surface area (Å²) in [5.41, 5.74) is 1.75. The SMILES string of the molecule is COC(=O)C[C@H](C)Sc1cnc2ccccc2n1. The van der Waals surface area contributed by atoms with Crippen LogP contribution in [0.1, 0.15) is 13.3 Å². The van der Waals surface area contributed by atoms with Crippen molar-refractivity contribution in [2.75, 3.05) is 7.11 Å². The van der Waals surface area contributed by atoms with Gasteiger partial charge in [0.25, 0.3) is 0 Å². The minimum atomic E-state index is -0.205. The van der Waals surface area contributed by atoms with Gasteiger partial charge in [-0.15, -0.1) is 11.8 Å². The zero-order chi connectivity index (χ0) is 13.0. The zero-order valence-corrected chi connectivity index (χ0v) is 11.1. The van der Waals surface area contributed by atoms with E-state index in [1.54, 1.807) is 6.20 Å². The maximum absolute atomic E-state index is 11.2. The summed E-state index contributed by atoms with van der Waals surface area (Å²) in [7, 11) is 1.40. The highest BCUT2D eigenvalue weighted by atomic mass is 32.2. The first kappa shape index (κ1) is 12.8. The van der Waals surface area contributed by atoms with E-state index in [9.17, 15) is 4.79 Å². The molecule has 94 valence electrons. The molecular weight excluding hydrogens is 248 g/mol. The molecule has 0 spiro atoms. The smallest absolute Gasteiger partial charge is 0.306 e. The van der Waals surface area contributed by atoms with Crippen LogP contribution in [-0.2, 0) is 9.53 Å². The number of methoxy groups -OCH3 is 1. The number of aromatic nitrogens is 2. The Morgan fingerprint density at radius 3 is 2.83 bits per heavy atom. The van der Waals surface area contributed by atoms with Crippen molar-refractivity contribution in [3.8, 4) is 0 Å². The summed E-state index contributed by atoms with van der Waals surface area (Å²) in [6.45, 7) is 1.97. The van der Waals surface area contributed by atoms with Gasteiger partial charge < -0.3 is 4.74 Å². The third-order valence-corrected chi connectivity index (χ3v) is 3.44. The summed E-state index contributed by atoms with van der Waals surface area (Å²) in [5, 5.41) is 0.943. The maximum atomic E-state index is 11.2. The van der Waals surface area contributed by atoms with Crippen molar-refractivity contribution in [3.63, 3.8) is 0 Å². The van der Waals surface area contributed by atoms with Crippen molar-refractivity contribution < 1.29 is 9.53 Å². The number of nitrogens with zero attached hydrogens (tertiary/aromatic N) is 2. The van der Waals surface area contributed by atoms with Crippen LogP contribution in [0, 0.1) is 0 Å². The Bertz CT molecular complexity index is 559. The molecule has 2 rings (SSSR count). The summed E-state index contributed by atoms with van der Waals surface area (Å²) < 4.78 is 4.64. The van der Waals surface area contributed by atoms with Crippen LogP contribution >= 0.6 is 11.8 Å². The van der Waals surface area contributed by atoms with E-state index in [-0.39, 0.29) is 11.2 Å². The van der Waals surface area contributed by atoms with Gasteiger partial charge in [0.2, 0.25) is 0 Å². The first-order chi connectivity index (χ1) is 8.69. The summed E-state index contributed by atoms with van der Waals surface area (Å²) >= 11 is 1.53. The molecule has 0 aliphatic carbocycles. The Balaban J connectivity index is 2.09. The Hall–Kier alpha value is -1.62. The average Bonchev–Trinajstić information content (AvgIpc) is 2.38. The van der Waals surface area contributed by atoms with Crippen LogP contribution in [0.15, 0.2) is 35.5 Å². The van der Waals surface area contributed by atoms with Gasteiger partial charge in [0.05, 0.1) is 30.8 Å². The van der Waals surface area contributed by atoms with Crippen LogP contribution in [0.4, 0.5) is 0 Å². The second-order valence-electron chi connectivity index (χ2n) is 3.91. The first-order valence-corrected chi connectivity index (χ1v) is 6.52. The molecule has 18 heavy (non-hydrogen) atoms. The van der Waals surface area contributed by atoms with Crippen LogP contribution in [0.2, 0.25) is 0 Å². The lowest BCUT2D eigenvalue weighted by atomic mass is 10.3. The predicted octanol–water partition coefficient (Wildman–Crippen LogP) is 2.67. The number of hydrogen-bond acceptors (Lipinski definition) is 5. The Morgan fingerprint density at radius 1 is 1.39 bits per heavy atom. The molecule has 0 saturated heterocycles. The van der Waals surface area contributed by atoms with Crippen LogP contribution in [0.3, 0.4) is 0 Å². The monoisotopic (exact) mass is 262 g/mol. The third kappa shape index (κ3) is 3.20. The number of thioether (sulfide) groups is 1. The summed E-state index contributed by atoms with van der Waals surface area (Å²) in [4.78, 5) is 20.0.